The van der Waals surface area contributed by atoms with E-state index in [0.717, 1.165) is 28.3 Å². The van der Waals surface area contributed by atoms with Gasteiger partial charge in [-0.15, -0.1) is 0 Å². The van der Waals surface area contributed by atoms with Crippen LogP contribution < -0.4 is 9.62 Å². The smallest absolute Gasteiger partial charge is 0.264 e. The monoisotopic (exact) mass is 617 g/mol. The first-order valence-corrected chi connectivity index (χ1v) is 15.7. The lowest BCUT2D eigenvalue weighted by Gasteiger charge is -2.32. The second-order valence-electron chi connectivity index (χ2n) is 10.2. The molecule has 3 rings (SSSR count). The zero-order chi connectivity index (χ0) is 30.3. The number of nitrogens with one attached hydrogen (secondary N) is 1. The van der Waals surface area contributed by atoms with Crippen LogP contribution in [0, 0.1) is 20.8 Å². The van der Waals surface area contributed by atoms with E-state index in [4.69, 9.17) is 23.2 Å². The van der Waals surface area contributed by atoms with Crippen LogP contribution in [0.3, 0.4) is 0 Å². The van der Waals surface area contributed by atoms with Gasteiger partial charge in [0.05, 0.1) is 20.6 Å². The molecular formula is C31H37Cl2N3O4S. The van der Waals surface area contributed by atoms with Gasteiger partial charge in [0.25, 0.3) is 10.0 Å². The topological polar surface area (TPSA) is 86.8 Å². The molecule has 1 unspecified atom stereocenters. The molecule has 41 heavy (non-hydrogen) atoms. The number of rotatable bonds is 12. The van der Waals surface area contributed by atoms with Crippen molar-refractivity contribution < 1.29 is 18.0 Å². The highest BCUT2D eigenvalue weighted by molar-refractivity contribution is 7.92. The summed E-state index contributed by atoms with van der Waals surface area (Å²) in [4.78, 5) is 28.6. The van der Waals surface area contributed by atoms with Crippen LogP contribution in [0.15, 0.2) is 65.6 Å². The van der Waals surface area contributed by atoms with Crippen molar-refractivity contribution in [2.45, 2.75) is 64.9 Å². The summed E-state index contributed by atoms with van der Waals surface area (Å²) >= 11 is 12.3. The minimum absolute atomic E-state index is 0.0311. The maximum Gasteiger partial charge on any atom is 0.264 e. The predicted molar refractivity (Wildman–Crippen MR) is 166 cm³/mol. The Balaban J connectivity index is 2.05. The number of unbranched alkanes of at least 4 members (excludes halogenated alkanes) is 1. The lowest BCUT2D eigenvalue weighted by atomic mass is 10.1. The predicted octanol–water partition coefficient (Wildman–Crippen LogP) is 6.45. The van der Waals surface area contributed by atoms with E-state index in [2.05, 4.69) is 5.32 Å². The minimum Gasteiger partial charge on any atom is -0.354 e. The van der Waals surface area contributed by atoms with Crippen LogP contribution >= 0.6 is 23.2 Å². The third-order valence-corrected chi connectivity index (χ3v) is 9.36. The Bertz CT molecular complexity index is 1490. The molecule has 0 aromatic heterocycles. The number of hydrogen-bond donors (Lipinski definition) is 1. The Morgan fingerprint density at radius 2 is 1.56 bits per heavy atom. The second-order valence-corrected chi connectivity index (χ2v) is 12.9. The fraction of sp³-hybridized carbons (Fsp3) is 0.355. The molecule has 3 aromatic carbocycles. The van der Waals surface area contributed by atoms with Crippen molar-refractivity contribution in [2.24, 2.45) is 0 Å². The van der Waals surface area contributed by atoms with Crippen molar-refractivity contribution in [3.05, 3.63) is 93.0 Å². The molecule has 0 spiro atoms. The van der Waals surface area contributed by atoms with Crippen molar-refractivity contribution in [1.29, 1.82) is 0 Å². The SMILES string of the molecule is CCCCNC(=O)C(C)N(Cc1ccc(Cl)c(Cl)c1)C(=O)CN(c1ccc(C)cc1C)S(=O)(=O)c1ccc(C)cc1. The molecule has 1 atom stereocenters. The van der Waals surface area contributed by atoms with E-state index in [9.17, 15) is 18.0 Å². The van der Waals surface area contributed by atoms with Gasteiger partial charge in [-0.05, 0) is 75.6 Å². The number of anilines is 1. The normalized spacial score (nSPS) is 12.1. The molecule has 0 fully saturated rings. The molecule has 220 valence electrons. The summed E-state index contributed by atoms with van der Waals surface area (Å²) < 4.78 is 29.1. The van der Waals surface area contributed by atoms with Gasteiger partial charge in [0.1, 0.15) is 12.6 Å². The van der Waals surface area contributed by atoms with Crippen LogP contribution in [0.1, 0.15) is 48.9 Å². The fourth-order valence-corrected chi connectivity index (χ4v) is 6.19. The highest BCUT2D eigenvalue weighted by Gasteiger charge is 2.33. The first-order valence-electron chi connectivity index (χ1n) is 13.5. The number of nitrogens with zero attached hydrogens (tertiary/aromatic N) is 2. The van der Waals surface area contributed by atoms with E-state index < -0.39 is 28.5 Å². The summed E-state index contributed by atoms with van der Waals surface area (Å²) in [6, 6.07) is 16.0. The van der Waals surface area contributed by atoms with Crippen LogP contribution in [-0.4, -0.2) is 44.3 Å². The van der Waals surface area contributed by atoms with Gasteiger partial charge in [-0.3, -0.25) is 13.9 Å². The summed E-state index contributed by atoms with van der Waals surface area (Å²) in [5.41, 5.74) is 3.62. The fourth-order valence-electron chi connectivity index (χ4n) is 4.39. The average Bonchev–Trinajstić information content (AvgIpc) is 2.92. The molecule has 0 saturated heterocycles. The third-order valence-electron chi connectivity index (χ3n) is 6.84. The molecule has 7 nitrogen and oxygen atoms in total. The molecule has 3 aromatic rings. The van der Waals surface area contributed by atoms with Gasteiger partial charge in [-0.2, -0.15) is 0 Å². The Labute approximate surface area is 253 Å². The Morgan fingerprint density at radius 3 is 2.17 bits per heavy atom. The molecule has 2 amide bonds. The van der Waals surface area contributed by atoms with E-state index >= 15 is 0 Å². The van der Waals surface area contributed by atoms with Gasteiger partial charge in [0, 0.05) is 13.1 Å². The third kappa shape index (κ3) is 8.24. The molecule has 0 bridgehead atoms. The van der Waals surface area contributed by atoms with E-state index in [0.29, 0.717) is 33.4 Å². The first-order chi connectivity index (χ1) is 19.3. The van der Waals surface area contributed by atoms with Gasteiger partial charge in [-0.1, -0.05) is 78.0 Å². The van der Waals surface area contributed by atoms with Gasteiger partial charge in [-0.25, -0.2) is 8.42 Å². The summed E-state index contributed by atoms with van der Waals surface area (Å²) in [5.74, 6) is -0.865. The standard InChI is InChI=1S/C31H37Cl2N3O4S/c1-6-7-16-34-31(38)24(5)35(19-25-11-14-27(32)28(33)18-25)30(37)20-36(29-15-10-22(3)17-23(29)4)41(39,40)26-12-8-21(2)9-13-26/h8-15,17-18,24H,6-7,16,19-20H2,1-5H3,(H,34,38). The number of halogens is 2. The molecule has 1 N–H and O–H groups in total. The van der Waals surface area contributed by atoms with E-state index in [-0.39, 0.29) is 17.3 Å². The minimum atomic E-state index is -4.14. The van der Waals surface area contributed by atoms with Crippen LogP contribution in [0.2, 0.25) is 10.0 Å². The Morgan fingerprint density at radius 1 is 0.902 bits per heavy atom. The zero-order valence-electron chi connectivity index (χ0n) is 24.1. The molecular weight excluding hydrogens is 581 g/mol. The highest BCUT2D eigenvalue weighted by atomic mass is 35.5. The molecule has 0 heterocycles. The summed E-state index contributed by atoms with van der Waals surface area (Å²) in [6.45, 7) is 9.25. The van der Waals surface area contributed by atoms with Gasteiger partial charge >= 0.3 is 0 Å². The first kappa shape index (κ1) is 32.4. The van der Waals surface area contributed by atoms with Gasteiger partial charge < -0.3 is 10.2 Å². The number of carbonyl (C=O) groups excluding carboxylic acids is 2. The maximum atomic E-state index is 14.1. The number of sulfonamides is 1. The molecule has 0 aliphatic heterocycles. The Kier molecular flexibility index (Phi) is 11.2. The van der Waals surface area contributed by atoms with E-state index in [1.165, 1.54) is 17.0 Å². The lowest BCUT2D eigenvalue weighted by Crippen LogP contribution is -2.51. The summed E-state index contributed by atoms with van der Waals surface area (Å²) in [5, 5.41) is 3.55. The number of hydrogen-bond acceptors (Lipinski definition) is 4. The lowest BCUT2D eigenvalue weighted by molar-refractivity contribution is -0.139. The second kappa shape index (κ2) is 14.2. The quantitative estimate of drug-likeness (QED) is 0.237. The average molecular weight is 619 g/mol. The number of benzene rings is 3. The van der Waals surface area contributed by atoms with E-state index in [1.807, 2.05) is 39.8 Å². The zero-order valence-corrected chi connectivity index (χ0v) is 26.4. The Hall–Kier alpha value is -3.07. The molecule has 0 radical (unpaired) electrons. The maximum absolute atomic E-state index is 14.1. The van der Waals surface area contributed by atoms with Crippen molar-refractivity contribution in [2.75, 3.05) is 17.4 Å². The van der Waals surface area contributed by atoms with Crippen molar-refractivity contribution in [3.63, 3.8) is 0 Å². The molecule has 10 heteroatoms. The summed E-state index contributed by atoms with van der Waals surface area (Å²) in [7, 11) is -4.14. The number of aryl methyl sites for hydroxylation is 3. The molecule has 0 saturated carbocycles. The van der Waals surface area contributed by atoms with Gasteiger partial charge in [0.15, 0.2) is 0 Å². The van der Waals surface area contributed by atoms with E-state index in [1.54, 1.807) is 43.3 Å². The largest absolute Gasteiger partial charge is 0.354 e. The van der Waals surface area contributed by atoms with Crippen molar-refractivity contribution in [1.82, 2.24) is 10.2 Å². The van der Waals surface area contributed by atoms with Crippen LogP contribution in [0.5, 0.6) is 0 Å². The molecule has 0 aliphatic carbocycles. The van der Waals surface area contributed by atoms with Crippen molar-refractivity contribution in [3.8, 4) is 0 Å². The van der Waals surface area contributed by atoms with Gasteiger partial charge in [0.2, 0.25) is 11.8 Å². The summed E-state index contributed by atoms with van der Waals surface area (Å²) in [6.07, 6.45) is 1.71. The van der Waals surface area contributed by atoms with Crippen LogP contribution in [-0.2, 0) is 26.2 Å². The van der Waals surface area contributed by atoms with Crippen LogP contribution in [0.4, 0.5) is 5.69 Å². The highest BCUT2D eigenvalue weighted by Crippen LogP contribution is 2.29. The number of carbonyl (C=O) groups is 2. The number of amides is 2. The van der Waals surface area contributed by atoms with Crippen LogP contribution in [0.25, 0.3) is 0 Å². The molecule has 0 aliphatic rings. The van der Waals surface area contributed by atoms with Crippen molar-refractivity contribution >= 4 is 50.7 Å².